The molecule has 0 saturated carbocycles. The Kier molecular flexibility index (Phi) is 3.61. The van der Waals surface area contributed by atoms with Crippen molar-refractivity contribution >= 4 is 6.29 Å². The number of hydrogen-bond donors (Lipinski definition) is 4. The lowest BCUT2D eigenvalue weighted by Crippen LogP contribution is -2.54. The zero-order valence-electron chi connectivity index (χ0n) is 6.14. The lowest BCUT2D eigenvalue weighted by atomic mass is 9.93. The van der Waals surface area contributed by atoms with E-state index in [1.165, 1.54) is 6.92 Å². The minimum absolute atomic E-state index is 0.0585. The molecule has 4 N–H and O–H groups in total. The second-order valence-electron chi connectivity index (χ2n) is 2.41. The minimum Gasteiger partial charge on any atom is -0.393 e. The highest BCUT2D eigenvalue weighted by molar-refractivity contribution is 5.58. The normalized spacial score (nSPS) is 21.9. The summed E-state index contributed by atoms with van der Waals surface area (Å²) < 4.78 is 0. The summed E-state index contributed by atoms with van der Waals surface area (Å²) in [5.74, 6) is 0. The molecule has 11 heavy (non-hydrogen) atoms. The number of aliphatic hydroxyl groups excluding tert-OH is 3. The third-order valence-electron chi connectivity index (χ3n) is 1.62. The van der Waals surface area contributed by atoms with E-state index in [0.29, 0.717) is 0 Å². The van der Waals surface area contributed by atoms with Crippen LogP contribution in [-0.2, 0) is 4.79 Å². The average molecular weight is 164 g/mol. The molecular weight excluding hydrogens is 152 g/mol. The van der Waals surface area contributed by atoms with E-state index in [1.807, 2.05) is 0 Å². The van der Waals surface area contributed by atoms with Crippen molar-refractivity contribution in [1.29, 1.82) is 0 Å². The molecule has 5 nitrogen and oxygen atoms in total. The van der Waals surface area contributed by atoms with Gasteiger partial charge in [-0.3, -0.25) is 0 Å². The number of carbonyl (C=O) groups is 1. The predicted molar refractivity (Wildman–Crippen MR) is 35.8 cm³/mol. The molecule has 0 aliphatic carbocycles. The van der Waals surface area contributed by atoms with Crippen LogP contribution in [0.3, 0.4) is 0 Å². The maximum Gasteiger partial charge on any atom is 0.151 e. The van der Waals surface area contributed by atoms with Crippen LogP contribution in [0.1, 0.15) is 6.92 Å². The molecule has 5 heteroatoms. The molecule has 0 aliphatic heterocycles. The molecular formula is C6H12O5. The van der Waals surface area contributed by atoms with Gasteiger partial charge < -0.3 is 25.2 Å². The van der Waals surface area contributed by atoms with E-state index in [1.54, 1.807) is 0 Å². The molecule has 0 radical (unpaired) electrons. The SMILES string of the molecule is C[C@H](O)[C@](O)(CO)[C@@H](O)C=O. The fourth-order valence-electron chi connectivity index (χ4n) is 0.591. The van der Waals surface area contributed by atoms with Gasteiger partial charge in [0.05, 0.1) is 12.7 Å². The maximum atomic E-state index is 9.98. The maximum absolute atomic E-state index is 9.98. The molecule has 0 aromatic heterocycles. The number of rotatable bonds is 4. The Morgan fingerprint density at radius 2 is 2.00 bits per heavy atom. The number of carbonyl (C=O) groups excluding carboxylic acids is 1. The van der Waals surface area contributed by atoms with Crippen molar-refractivity contribution in [2.24, 2.45) is 0 Å². The first-order valence-electron chi connectivity index (χ1n) is 3.13. The van der Waals surface area contributed by atoms with Gasteiger partial charge in [0, 0.05) is 0 Å². The third-order valence-corrected chi connectivity index (χ3v) is 1.62. The molecule has 0 saturated heterocycles. The van der Waals surface area contributed by atoms with Crippen LogP contribution >= 0.6 is 0 Å². The Morgan fingerprint density at radius 1 is 1.55 bits per heavy atom. The molecule has 66 valence electrons. The van der Waals surface area contributed by atoms with Crippen LogP contribution in [-0.4, -0.2) is 51.1 Å². The van der Waals surface area contributed by atoms with Gasteiger partial charge in [-0.25, -0.2) is 0 Å². The first kappa shape index (κ1) is 10.5. The van der Waals surface area contributed by atoms with Gasteiger partial charge in [-0.2, -0.15) is 0 Å². The summed E-state index contributed by atoms with van der Waals surface area (Å²) in [6, 6.07) is 0. The fourth-order valence-corrected chi connectivity index (χ4v) is 0.591. The van der Waals surface area contributed by atoms with Crippen molar-refractivity contribution in [1.82, 2.24) is 0 Å². The Hall–Kier alpha value is -0.490. The van der Waals surface area contributed by atoms with E-state index >= 15 is 0 Å². The Labute approximate surface area is 63.9 Å². The van der Waals surface area contributed by atoms with E-state index in [2.05, 4.69) is 0 Å². The number of hydrogen-bond acceptors (Lipinski definition) is 5. The highest BCUT2D eigenvalue weighted by Gasteiger charge is 2.39. The highest BCUT2D eigenvalue weighted by atomic mass is 16.4. The molecule has 0 aromatic carbocycles. The largest absolute Gasteiger partial charge is 0.393 e. The van der Waals surface area contributed by atoms with Crippen LogP contribution in [0.5, 0.6) is 0 Å². The summed E-state index contributed by atoms with van der Waals surface area (Å²) in [4.78, 5) is 9.98. The van der Waals surface area contributed by atoms with Crippen molar-refractivity contribution in [3.8, 4) is 0 Å². The summed E-state index contributed by atoms with van der Waals surface area (Å²) in [7, 11) is 0. The molecule has 0 fully saturated rings. The quantitative estimate of drug-likeness (QED) is 0.349. The van der Waals surface area contributed by atoms with Crippen molar-refractivity contribution in [2.45, 2.75) is 24.7 Å². The van der Waals surface area contributed by atoms with Gasteiger partial charge in [0.15, 0.2) is 6.29 Å². The molecule has 0 amide bonds. The Morgan fingerprint density at radius 3 is 2.09 bits per heavy atom. The van der Waals surface area contributed by atoms with E-state index in [9.17, 15) is 9.90 Å². The van der Waals surface area contributed by atoms with E-state index < -0.39 is 24.4 Å². The monoisotopic (exact) mass is 164 g/mol. The first-order chi connectivity index (χ1) is 4.99. The van der Waals surface area contributed by atoms with Gasteiger partial charge in [0.2, 0.25) is 0 Å². The second-order valence-corrected chi connectivity index (χ2v) is 2.41. The van der Waals surface area contributed by atoms with Crippen molar-refractivity contribution in [2.75, 3.05) is 6.61 Å². The van der Waals surface area contributed by atoms with Crippen LogP contribution in [0.2, 0.25) is 0 Å². The number of aliphatic hydroxyl groups is 4. The predicted octanol–water partition coefficient (Wildman–Crippen LogP) is -2.35. The molecule has 0 unspecified atom stereocenters. The van der Waals surface area contributed by atoms with Gasteiger partial charge >= 0.3 is 0 Å². The van der Waals surface area contributed by atoms with Gasteiger partial charge in [0.25, 0.3) is 0 Å². The minimum atomic E-state index is -2.15. The summed E-state index contributed by atoms with van der Waals surface area (Å²) in [6.45, 7) is 0.299. The molecule has 0 bridgehead atoms. The second kappa shape index (κ2) is 3.77. The lowest BCUT2D eigenvalue weighted by molar-refractivity contribution is -0.166. The molecule has 0 aliphatic rings. The van der Waals surface area contributed by atoms with Gasteiger partial charge in [-0.1, -0.05) is 0 Å². The first-order valence-corrected chi connectivity index (χ1v) is 3.13. The van der Waals surface area contributed by atoms with Crippen LogP contribution < -0.4 is 0 Å². The standard InChI is InChI=1S/C6H12O5/c1-4(9)6(11,3-8)5(10)2-7/h2,4-5,8-11H,3H2,1H3/t4-,5-,6+/m0/s1. The van der Waals surface area contributed by atoms with E-state index in [0.717, 1.165) is 0 Å². The smallest absolute Gasteiger partial charge is 0.151 e. The highest BCUT2D eigenvalue weighted by Crippen LogP contribution is 2.13. The van der Waals surface area contributed by atoms with Crippen LogP contribution in [0.15, 0.2) is 0 Å². The topological polar surface area (TPSA) is 98.0 Å². The number of aldehydes is 1. The molecule has 3 atom stereocenters. The molecule has 0 aromatic rings. The Balaban J connectivity index is 4.44. The van der Waals surface area contributed by atoms with Crippen molar-refractivity contribution < 1.29 is 25.2 Å². The average Bonchev–Trinajstić information content (AvgIpc) is 2.01. The molecule has 0 heterocycles. The summed E-state index contributed by atoms with van der Waals surface area (Å²) in [5.41, 5.74) is -2.15. The van der Waals surface area contributed by atoms with Crippen LogP contribution in [0.25, 0.3) is 0 Å². The van der Waals surface area contributed by atoms with Crippen molar-refractivity contribution in [3.63, 3.8) is 0 Å². The zero-order valence-corrected chi connectivity index (χ0v) is 6.14. The molecule has 0 spiro atoms. The third kappa shape index (κ3) is 1.97. The van der Waals surface area contributed by atoms with Gasteiger partial charge in [-0.05, 0) is 6.92 Å². The fraction of sp³-hybridized carbons (Fsp3) is 0.833. The molecule has 0 rings (SSSR count). The summed E-state index contributed by atoms with van der Waals surface area (Å²) in [5, 5.41) is 35.4. The summed E-state index contributed by atoms with van der Waals surface area (Å²) >= 11 is 0. The van der Waals surface area contributed by atoms with E-state index in [-0.39, 0.29) is 6.29 Å². The van der Waals surface area contributed by atoms with Gasteiger partial charge in [-0.15, -0.1) is 0 Å². The van der Waals surface area contributed by atoms with Crippen LogP contribution in [0.4, 0.5) is 0 Å². The van der Waals surface area contributed by atoms with Gasteiger partial charge in [0.1, 0.15) is 11.7 Å². The zero-order chi connectivity index (χ0) is 9.07. The lowest BCUT2D eigenvalue weighted by Gasteiger charge is -2.30. The van der Waals surface area contributed by atoms with Crippen molar-refractivity contribution in [3.05, 3.63) is 0 Å². The van der Waals surface area contributed by atoms with E-state index in [4.69, 9.17) is 15.3 Å². The summed E-state index contributed by atoms with van der Waals surface area (Å²) in [6.07, 6.45) is -3.08. The Bertz CT molecular complexity index is 135. The van der Waals surface area contributed by atoms with Crippen LogP contribution in [0, 0.1) is 0 Å².